The summed E-state index contributed by atoms with van der Waals surface area (Å²) in [5.74, 6) is 0.661. The molecule has 0 amide bonds. The highest BCUT2D eigenvalue weighted by molar-refractivity contribution is 6.10. The Morgan fingerprint density at radius 2 is 1.08 bits per heavy atom. The molecular weight excluding hydrogens is 613 g/mol. The molecule has 10 rings (SSSR count). The van der Waals surface area contributed by atoms with Gasteiger partial charge in [-0.05, 0) is 58.6 Å². The van der Waals surface area contributed by atoms with Crippen molar-refractivity contribution >= 4 is 43.7 Å². The molecule has 0 unspecified atom stereocenters. The van der Waals surface area contributed by atoms with Crippen LogP contribution >= 0.6 is 0 Å². The number of benzene rings is 7. The van der Waals surface area contributed by atoms with E-state index in [1.165, 1.54) is 0 Å². The molecule has 3 aromatic heterocycles. The summed E-state index contributed by atoms with van der Waals surface area (Å²) in [6, 6.07) is 32.2. The van der Waals surface area contributed by atoms with Gasteiger partial charge < -0.3 is 4.42 Å². The molecule has 50 heavy (non-hydrogen) atoms. The molecule has 234 valence electrons. The number of fused-ring (bicyclic) bond motifs is 6. The molecule has 0 aliphatic heterocycles. The maximum absolute atomic E-state index is 9.17. The number of nitrogens with zero attached hydrogens (tertiary/aromatic N) is 4. The van der Waals surface area contributed by atoms with Crippen LogP contribution < -0.4 is 0 Å². The van der Waals surface area contributed by atoms with Crippen molar-refractivity contribution in [3.05, 3.63) is 170 Å². The maximum Gasteiger partial charge on any atom is 0.238 e. The second kappa shape index (κ2) is 11.4. The minimum atomic E-state index is -0.522. The molecule has 5 heteroatoms. The van der Waals surface area contributed by atoms with Crippen molar-refractivity contribution in [3.8, 4) is 51.0 Å². The van der Waals surface area contributed by atoms with Gasteiger partial charge in [-0.15, -0.1) is 0 Å². The summed E-state index contributed by atoms with van der Waals surface area (Å²) in [4.78, 5) is 14.9. The van der Waals surface area contributed by atoms with E-state index in [2.05, 4.69) is 0 Å². The van der Waals surface area contributed by atoms with Crippen LogP contribution in [-0.4, -0.2) is 19.5 Å². The van der Waals surface area contributed by atoms with E-state index in [1.807, 2.05) is 97.1 Å². The van der Waals surface area contributed by atoms with Crippen LogP contribution in [0.15, 0.2) is 174 Å². The van der Waals surface area contributed by atoms with Crippen LogP contribution in [-0.2, 0) is 0 Å². The second-order valence-electron chi connectivity index (χ2n) is 11.8. The van der Waals surface area contributed by atoms with Crippen molar-refractivity contribution in [1.82, 2.24) is 19.5 Å². The average molecular weight is 650 g/mol. The van der Waals surface area contributed by atoms with Crippen LogP contribution in [0.25, 0.3) is 94.7 Å². The molecule has 0 saturated heterocycles. The Kier molecular flexibility index (Phi) is 4.67. The van der Waals surface area contributed by atoms with Gasteiger partial charge in [-0.2, -0.15) is 9.97 Å². The SMILES string of the molecule is [2H]c1c([2H])c([2H])c(-c2ccc3c(c2)c2c([2H])c([2H])c([2H])c([2H])c2n3-c2nc(-c3ccc(-c4ccccc4)cc3)nc(-c3ccc4c(c3)oc3ccccc34)n2)c([2H])c1[2H]. The third-order valence-corrected chi connectivity index (χ3v) is 8.90. The molecule has 5 nitrogen and oxygen atoms in total. The zero-order valence-corrected chi connectivity index (χ0v) is 26.2. The monoisotopic (exact) mass is 649 g/mol. The van der Waals surface area contributed by atoms with Gasteiger partial charge in [0.05, 0.1) is 23.4 Å². The predicted octanol–water partition coefficient (Wildman–Crippen LogP) is 11.5. The first-order chi connectivity index (χ1) is 28.5. The Bertz CT molecular complexity index is 3350. The smallest absolute Gasteiger partial charge is 0.238 e. The van der Waals surface area contributed by atoms with Crippen LogP contribution in [0.2, 0.25) is 0 Å². The fourth-order valence-electron chi connectivity index (χ4n) is 6.51. The van der Waals surface area contributed by atoms with Crippen molar-refractivity contribution in [3.63, 3.8) is 0 Å². The van der Waals surface area contributed by atoms with Crippen molar-refractivity contribution < 1.29 is 16.8 Å². The van der Waals surface area contributed by atoms with E-state index >= 15 is 0 Å². The molecule has 0 radical (unpaired) electrons. The lowest BCUT2D eigenvalue weighted by Gasteiger charge is -2.11. The van der Waals surface area contributed by atoms with E-state index in [0.717, 1.165) is 27.5 Å². The highest BCUT2D eigenvalue weighted by atomic mass is 16.3. The highest BCUT2D eigenvalue weighted by Gasteiger charge is 2.19. The third kappa shape index (κ3) is 4.67. The summed E-state index contributed by atoms with van der Waals surface area (Å²) in [6.45, 7) is 0. The van der Waals surface area contributed by atoms with E-state index < -0.39 is 42.3 Å². The van der Waals surface area contributed by atoms with E-state index in [1.54, 1.807) is 22.8 Å². The molecule has 10 aromatic rings. The number of rotatable bonds is 5. The molecular formula is C45H28N4O. The largest absolute Gasteiger partial charge is 0.456 e. The fourth-order valence-corrected chi connectivity index (χ4v) is 6.51. The fraction of sp³-hybridized carbons (Fsp3) is 0. The number of hydrogen-bond donors (Lipinski definition) is 0. The molecule has 0 aliphatic carbocycles. The summed E-state index contributed by atoms with van der Waals surface area (Å²) < 4.78 is 85.3. The quantitative estimate of drug-likeness (QED) is 0.186. The first-order valence-corrected chi connectivity index (χ1v) is 16.0. The number of para-hydroxylation sites is 2. The number of aromatic nitrogens is 4. The Morgan fingerprint density at radius 3 is 1.94 bits per heavy atom. The Morgan fingerprint density at radius 1 is 0.420 bits per heavy atom. The summed E-state index contributed by atoms with van der Waals surface area (Å²) in [5, 5.41) is 2.38. The van der Waals surface area contributed by atoms with Gasteiger partial charge in [0.15, 0.2) is 11.6 Å². The molecule has 0 atom stereocenters. The Labute approximate surface area is 300 Å². The first kappa shape index (κ1) is 20.5. The lowest BCUT2D eigenvalue weighted by Crippen LogP contribution is -2.06. The van der Waals surface area contributed by atoms with Gasteiger partial charge in [0.25, 0.3) is 0 Å². The van der Waals surface area contributed by atoms with Gasteiger partial charge in [-0.3, -0.25) is 4.57 Å². The normalized spacial score (nSPS) is 14.1. The number of furan rings is 1. The lowest BCUT2D eigenvalue weighted by molar-refractivity contribution is 0.669. The van der Waals surface area contributed by atoms with E-state index in [0.29, 0.717) is 33.4 Å². The Balaban J connectivity index is 1.25. The van der Waals surface area contributed by atoms with Gasteiger partial charge in [0.2, 0.25) is 5.95 Å². The lowest BCUT2D eigenvalue weighted by atomic mass is 10.0. The van der Waals surface area contributed by atoms with Crippen LogP contribution in [0.3, 0.4) is 0 Å². The standard InChI is InChI=1S/C45H28N4O/c1-3-11-29(12-4-1)31-19-21-32(22-20-31)43-46-44(34-23-25-37-36-16-8-10-18-41(36)50-42(37)28-34)48-45(47-43)49-39-17-9-7-15-35(39)38-27-33(24-26-40(38)49)30-13-5-2-6-14-30/h1-28H/i2D,5D,6D,7D,9D,13D,14D,15D,17D. The summed E-state index contributed by atoms with van der Waals surface area (Å²) >= 11 is 0. The third-order valence-electron chi connectivity index (χ3n) is 8.90. The summed E-state index contributed by atoms with van der Waals surface area (Å²) in [6.07, 6.45) is 0. The van der Waals surface area contributed by atoms with Crippen LogP contribution in [0.5, 0.6) is 0 Å². The van der Waals surface area contributed by atoms with Gasteiger partial charge in [-0.25, -0.2) is 4.98 Å². The minimum Gasteiger partial charge on any atom is -0.456 e. The van der Waals surface area contributed by atoms with Crippen molar-refractivity contribution in [2.24, 2.45) is 0 Å². The molecule has 0 aliphatic rings. The van der Waals surface area contributed by atoms with Crippen LogP contribution in [0.1, 0.15) is 12.3 Å². The maximum atomic E-state index is 9.17. The zero-order chi connectivity index (χ0) is 40.9. The molecule has 0 N–H and O–H groups in total. The molecule has 7 aromatic carbocycles. The summed E-state index contributed by atoms with van der Waals surface area (Å²) in [5.41, 5.74) is 5.42. The topological polar surface area (TPSA) is 56.7 Å². The Hall–Kier alpha value is -6.85. The van der Waals surface area contributed by atoms with Gasteiger partial charge in [0, 0.05) is 32.7 Å². The van der Waals surface area contributed by atoms with Gasteiger partial charge in [0.1, 0.15) is 11.2 Å². The predicted molar refractivity (Wildman–Crippen MR) is 203 cm³/mol. The van der Waals surface area contributed by atoms with Crippen molar-refractivity contribution in [1.29, 1.82) is 0 Å². The molecule has 0 saturated carbocycles. The van der Waals surface area contributed by atoms with E-state index in [4.69, 9.17) is 30.3 Å². The average Bonchev–Trinajstić information content (AvgIpc) is 3.82. The molecule has 0 spiro atoms. The highest BCUT2D eigenvalue weighted by Crippen LogP contribution is 2.36. The van der Waals surface area contributed by atoms with Gasteiger partial charge >= 0.3 is 0 Å². The van der Waals surface area contributed by atoms with E-state index in [9.17, 15) is 1.37 Å². The number of hydrogen-bond acceptors (Lipinski definition) is 4. The van der Waals surface area contributed by atoms with Crippen molar-refractivity contribution in [2.75, 3.05) is 0 Å². The van der Waals surface area contributed by atoms with Crippen LogP contribution in [0.4, 0.5) is 0 Å². The minimum absolute atomic E-state index is 0.0377. The second-order valence-corrected chi connectivity index (χ2v) is 11.8. The zero-order valence-electron chi connectivity index (χ0n) is 35.2. The molecule has 3 heterocycles. The van der Waals surface area contributed by atoms with Gasteiger partial charge in [-0.1, -0.05) is 133 Å². The van der Waals surface area contributed by atoms with E-state index in [-0.39, 0.29) is 45.9 Å². The first-order valence-electron chi connectivity index (χ1n) is 20.5. The van der Waals surface area contributed by atoms with Crippen molar-refractivity contribution in [2.45, 2.75) is 0 Å². The summed E-state index contributed by atoms with van der Waals surface area (Å²) in [7, 11) is 0. The molecule has 0 bridgehead atoms. The van der Waals surface area contributed by atoms with Crippen LogP contribution in [0, 0.1) is 0 Å². The molecule has 0 fully saturated rings.